The van der Waals surface area contributed by atoms with E-state index in [-0.39, 0.29) is 5.92 Å². The third-order valence-electron chi connectivity index (χ3n) is 7.63. The van der Waals surface area contributed by atoms with Gasteiger partial charge in [0.25, 0.3) is 0 Å². The molecular weight excluding hydrogens is 624 g/mol. The summed E-state index contributed by atoms with van der Waals surface area (Å²) in [4.78, 5) is 0. The maximum Gasteiger partial charge on any atom is 0.341 e. The van der Waals surface area contributed by atoms with Gasteiger partial charge in [-0.15, -0.1) is 66.5 Å². The SMILES string of the molecule is CCCCCCCCC(CCCCCCC(CC[Si](Cl)(Cl)Cl)C(F)CCCCCCC)CC[Si](Cl)(Cl)Cl. The summed E-state index contributed by atoms with van der Waals surface area (Å²) in [7, 11) is 0. The average Bonchev–Trinajstić information content (AvgIpc) is 2.81. The zero-order valence-electron chi connectivity index (χ0n) is 23.6. The summed E-state index contributed by atoms with van der Waals surface area (Å²) in [5.41, 5.74) is 0. The molecule has 37 heavy (non-hydrogen) atoms. The second-order valence-electron chi connectivity index (χ2n) is 11.2. The van der Waals surface area contributed by atoms with Crippen molar-refractivity contribution in [2.45, 2.75) is 167 Å². The molecule has 0 aliphatic carbocycles. The summed E-state index contributed by atoms with van der Waals surface area (Å²) in [6, 6.07) is -3.93. The van der Waals surface area contributed by atoms with E-state index in [1.165, 1.54) is 83.5 Å². The normalized spacial score (nSPS) is 15.2. The molecule has 3 unspecified atom stereocenters. The molecule has 224 valence electrons. The summed E-state index contributed by atoms with van der Waals surface area (Å²) in [5.74, 6) is 0.697. The summed E-state index contributed by atoms with van der Waals surface area (Å²) in [5, 5.41) is 0. The second-order valence-corrected chi connectivity index (χ2v) is 29.8. The molecule has 0 bridgehead atoms. The van der Waals surface area contributed by atoms with E-state index < -0.39 is 18.2 Å². The van der Waals surface area contributed by atoms with Gasteiger partial charge in [0, 0.05) is 0 Å². The van der Waals surface area contributed by atoms with E-state index in [9.17, 15) is 0 Å². The van der Waals surface area contributed by atoms with E-state index in [4.69, 9.17) is 66.5 Å². The lowest BCUT2D eigenvalue weighted by Gasteiger charge is -2.23. The van der Waals surface area contributed by atoms with Crippen LogP contribution in [0.4, 0.5) is 4.39 Å². The number of alkyl halides is 1. The smallest absolute Gasteiger partial charge is 0.247 e. The highest BCUT2D eigenvalue weighted by Gasteiger charge is 2.29. The number of hydrogen-bond donors (Lipinski definition) is 0. The number of unbranched alkanes of at least 4 members (excludes halogenated alkanes) is 12. The lowest BCUT2D eigenvalue weighted by molar-refractivity contribution is 0.190. The fourth-order valence-corrected chi connectivity index (χ4v) is 8.64. The Morgan fingerprint density at radius 3 is 1.30 bits per heavy atom. The van der Waals surface area contributed by atoms with Crippen molar-refractivity contribution < 1.29 is 4.39 Å². The Labute approximate surface area is 260 Å². The monoisotopic (exact) mass is 676 g/mol. The topological polar surface area (TPSA) is 0 Å². The summed E-state index contributed by atoms with van der Waals surface area (Å²) in [6.45, 7) is 4.46. The van der Waals surface area contributed by atoms with Crippen molar-refractivity contribution in [3.63, 3.8) is 0 Å². The molecule has 0 spiro atoms. The lowest BCUT2D eigenvalue weighted by Crippen LogP contribution is -2.20. The predicted molar refractivity (Wildman–Crippen MR) is 176 cm³/mol. The van der Waals surface area contributed by atoms with Crippen LogP contribution in [0.1, 0.15) is 149 Å². The summed E-state index contributed by atoms with van der Waals surface area (Å²) >= 11 is 36.9. The van der Waals surface area contributed by atoms with Crippen LogP contribution in [-0.2, 0) is 0 Å². The minimum absolute atomic E-state index is 0.0315. The molecule has 3 atom stereocenters. The Morgan fingerprint density at radius 2 is 0.838 bits per heavy atom. The third kappa shape index (κ3) is 28.0. The van der Waals surface area contributed by atoms with Crippen LogP contribution in [0.3, 0.4) is 0 Å². The molecule has 0 saturated carbocycles. The Morgan fingerprint density at radius 1 is 0.459 bits per heavy atom. The molecule has 0 radical (unpaired) electrons. The highest BCUT2D eigenvalue weighted by atomic mass is 35.8. The van der Waals surface area contributed by atoms with Crippen LogP contribution in [0.5, 0.6) is 0 Å². The molecule has 0 nitrogen and oxygen atoms in total. The molecule has 0 fully saturated rings. The van der Waals surface area contributed by atoms with Gasteiger partial charge in [0.05, 0.1) is 0 Å². The first-order valence-corrected chi connectivity index (χ1v) is 25.7. The van der Waals surface area contributed by atoms with Gasteiger partial charge in [-0.3, -0.25) is 0 Å². The zero-order chi connectivity index (χ0) is 28.0. The minimum Gasteiger partial charge on any atom is -0.247 e. The van der Waals surface area contributed by atoms with Crippen LogP contribution in [0, 0.1) is 11.8 Å². The maximum atomic E-state index is 15.1. The van der Waals surface area contributed by atoms with Crippen molar-refractivity contribution in [3.05, 3.63) is 0 Å². The standard InChI is InChI=1S/C28H55Cl6FSi2/c1-3-5-7-9-11-14-18-26(22-24-36(29,30)31)19-15-12-13-16-20-27(23-25-37(32,33)34)28(35)21-17-10-8-6-4-2/h26-28H,3-25H2,1-2H3. The fraction of sp³-hybridized carbons (Fsp3) is 1.00. The van der Waals surface area contributed by atoms with Crippen molar-refractivity contribution in [2.75, 3.05) is 0 Å². The van der Waals surface area contributed by atoms with Gasteiger partial charge in [-0.1, -0.05) is 123 Å². The molecule has 0 amide bonds. The molecule has 0 saturated heterocycles. The Hall–Kier alpha value is 2.10. The Balaban J connectivity index is 4.40. The molecule has 0 aromatic heterocycles. The van der Waals surface area contributed by atoms with E-state index >= 15 is 4.39 Å². The van der Waals surface area contributed by atoms with Gasteiger partial charge >= 0.3 is 12.0 Å². The highest BCUT2D eigenvalue weighted by molar-refractivity contribution is 7.65. The van der Waals surface area contributed by atoms with Crippen LogP contribution in [-0.4, -0.2) is 18.2 Å². The molecule has 0 aliphatic heterocycles. The van der Waals surface area contributed by atoms with Gasteiger partial charge in [-0.05, 0) is 49.6 Å². The highest BCUT2D eigenvalue weighted by Crippen LogP contribution is 2.34. The first-order chi connectivity index (χ1) is 17.5. The minimum atomic E-state index is -2.71. The van der Waals surface area contributed by atoms with Crippen LogP contribution < -0.4 is 0 Å². The largest absolute Gasteiger partial charge is 0.341 e. The molecule has 0 rings (SSSR count). The average molecular weight is 680 g/mol. The van der Waals surface area contributed by atoms with Crippen LogP contribution >= 0.6 is 66.5 Å². The Kier molecular flexibility index (Phi) is 26.1. The van der Waals surface area contributed by atoms with Crippen LogP contribution in [0.15, 0.2) is 0 Å². The molecule has 0 N–H and O–H groups in total. The van der Waals surface area contributed by atoms with Crippen molar-refractivity contribution >= 4 is 78.5 Å². The van der Waals surface area contributed by atoms with E-state index in [1.54, 1.807) is 0 Å². The van der Waals surface area contributed by atoms with E-state index in [0.29, 0.717) is 24.8 Å². The van der Waals surface area contributed by atoms with E-state index in [2.05, 4.69) is 13.8 Å². The van der Waals surface area contributed by atoms with Gasteiger partial charge in [0.15, 0.2) is 0 Å². The molecule has 0 aliphatic rings. The van der Waals surface area contributed by atoms with E-state index in [1.807, 2.05) is 0 Å². The number of hydrogen-bond acceptors (Lipinski definition) is 0. The second kappa shape index (κ2) is 24.7. The first kappa shape index (κ1) is 39.1. The molecular formula is C28H55Cl6FSi2. The summed E-state index contributed by atoms with van der Waals surface area (Å²) in [6.07, 6.45) is 23.3. The van der Waals surface area contributed by atoms with Crippen molar-refractivity contribution in [1.29, 1.82) is 0 Å². The predicted octanol–water partition coefficient (Wildman–Crippen LogP) is 14.1. The van der Waals surface area contributed by atoms with Crippen molar-refractivity contribution in [1.82, 2.24) is 0 Å². The number of halogens is 7. The van der Waals surface area contributed by atoms with Crippen molar-refractivity contribution in [3.8, 4) is 0 Å². The van der Waals surface area contributed by atoms with Crippen LogP contribution in [0.25, 0.3) is 0 Å². The molecule has 0 heterocycles. The quantitative estimate of drug-likeness (QED) is 0.0461. The Bertz CT molecular complexity index is 502. The van der Waals surface area contributed by atoms with E-state index in [0.717, 1.165) is 44.6 Å². The fourth-order valence-electron chi connectivity index (χ4n) is 5.24. The molecule has 0 aromatic rings. The molecule has 9 heteroatoms. The van der Waals surface area contributed by atoms with Gasteiger partial charge in [-0.25, -0.2) is 4.39 Å². The number of rotatable bonds is 27. The maximum absolute atomic E-state index is 15.1. The van der Waals surface area contributed by atoms with Gasteiger partial charge < -0.3 is 0 Å². The first-order valence-electron chi connectivity index (χ1n) is 15.3. The van der Waals surface area contributed by atoms with Gasteiger partial charge in [-0.2, -0.15) is 0 Å². The van der Waals surface area contributed by atoms with Crippen LogP contribution in [0.2, 0.25) is 12.1 Å². The lowest BCUT2D eigenvalue weighted by atomic mass is 9.89. The summed E-state index contributed by atoms with van der Waals surface area (Å²) < 4.78 is 15.1. The third-order valence-corrected chi connectivity index (χ3v) is 12.7. The zero-order valence-corrected chi connectivity index (χ0v) is 30.2. The van der Waals surface area contributed by atoms with Gasteiger partial charge in [0.1, 0.15) is 6.17 Å². The van der Waals surface area contributed by atoms with Gasteiger partial charge in [0.2, 0.25) is 0 Å². The molecule has 0 aromatic carbocycles. The van der Waals surface area contributed by atoms with Crippen molar-refractivity contribution in [2.24, 2.45) is 11.8 Å².